The second-order valence-corrected chi connectivity index (χ2v) is 6.83. The first kappa shape index (κ1) is 25.1. The number of carbonyl (C=O) groups excluding carboxylic acids is 3. The zero-order chi connectivity index (χ0) is 24.7. The molecule has 2 aromatic carbocycles. The quantitative estimate of drug-likeness (QED) is 0.247. The van der Waals surface area contributed by atoms with Gasteiger partial charge in [0.25, 0.3) is 5.69 Å². The van der Waals surface area contributed by atoms with Crippen LogP contribution < -0.4 is 14.8 Å². The molecule has 33 heavy (non-hydrogen) atoms. The number of carbonyl (C=O) groups is 4. The number of amides is 1. The summed E-state index contributed by atoms with van der Waals surface area (Å²) in [6, 6.07) is 5.57. The molecule has 2 N–H and O–H groups in total. The third kappa shape index (κ3) is 7.18. The SMILES string of the molecule is CC(=O)Oc1cc(Cl)c([C@@H](NC(=O)OCc2ccc([N+](=O)[O-])cc2)C(=O)O)cc1OC(C)=O. The summed E-state index contributed by atoms with van der Waals surface area (Å²) < 4.78 is 14.8. The molecule has 0 unspecified atom stereocenters. The lowest BCUT2D eigenvalue weighted by Gasteiger charge is -2.18. The highest BCUT2D eigenvalue weighted by molar-refractivity contribution is 6.32. The minimum absolute atomic E-state index is 0.149. The lowest BCUT2D eigenvalue weighted by Crippen LogP contribution is -2.34. The van der Waals surface area contributed by atoms with Crippen molar-refractivity contribution in [3.05, 3.63) is 62.7 Å². The number of nitro groups is 1. The first-order valence-corrected chi connectivity index (χ1v) is 9.45. The number of aliphatic carboxylic acids is 1. The molecule has 0 aliphatic carbocycles. The molecule has 12 nitrogen and oxygen atoms in total. The number of carboxylic acids is 1. The van der Waals surface area contributed by atoms with Crippen molar-refractivity contribution in [3.8, 4) is 11.5 Å². The molecule has 2 rings (SSSR count). The summed E-state index contributed by atoms with van der Waals surface area (Å²) in [4.78, 5) is 56.7. The van der Waals surface area contributed by atoms with E-state index in [4.69, 9.17) is 25.8 Å². The van der Waals surface area contributed by atoms with Crippen LogP contribution in [0.3, 0.4) is 0 Å². The number of nitrogens with zero attached hydrogens (tertiary/aromatic N) is 1. The van der Waals surface area contributed by atoms with Crippen LogP contribution in [0.15, 0.2) is 36.4 Å². The summed E-state index contributed by atoms with van der Waals surface area (Å²) >= 11 is 6.11. The molecule has 0 aliphatic heterocycles. The summed E-state index contributed by atoms with van der Waals surface area (Å²) in [6.07, 6.45) is -1.13. The number of non-ortho nitro benzene ring substituents is 1. The maximum absolute atomic E-state index is 12.2. The molecule has 13 heteroatoms. The van der Waals surface area contributed by atoms with Crippen LogP contribution in [-0.2, 0) is 25.7 Å². The Morgan fingerprint density at radius 1 is 1.06 bits per heavy atom. The number of halogens is 1. The molecule has 1 amide bonds. The molecule has 0 bridgehead atoms. The van der Waals surface area contributed by atoms with Crippen LogP contribution in [0.5, 0.6) is 11.5 Å². The Labute approximate surface area is 191 Å². The minimum atomic E-state index is -1.72. The van der Waals surface area contributed by atoms with E-state index < -0.39 is 35.0 Å². The van der Waals surface area contributed by atoms with E-state index in [2.05, 4.69) is 5.32 Å². The van der Waals surface area contributed by atoms with Crippen molar-refractivity contribution in [1.29, 1.82) is 0 Å². The van der Waals surface area contributed by atoms with Crippen LogP contribution >= 0.6 is 11.6 Å². The van der Waals surface area contributed by atoms with Crippen LogP contribution in [0, 0.1) is 10.1 Å². The first-order valence-electron chi connectivity index (χ1n) is 9.07. The molecule has 0 radical (unpaired) electrons. The average Bonchev–Trinajstić information content (AvgIpc) is 2.72. The van der Waals surface area contributed by atoms with Crippen LogP contribution in [0.2, 0.25) is 5.02 Å². The van der Waals surface area contributed by atoms with E-state index in [1.54, 1.807) is 0 Å². The Kier molecular flexibility index (Phi) is 8.29. The van der Waals surface area contributed by atoms with Crippen molar-refractivity contribution in [3.63, 3.8) is 0 Å². The van der Waals surface area contributed by atoms with Gasteiger partial charge in [-0.15, -0.1) is 0 Å². The smallest absolute Gasteiger partial charge is 0.408 e. The molecule has 0 fully saturated rings. The molecule has 0 aliphatic rings. The lowest BCUT2D eigenvalue weighted by molar-refractivity contribution is -0.384. The van der Waals surface area contributed by atoms with Gasteiger partial charge in [-0.2, -0.15) is 0 Å². The minimum Gasteiger partial charge on any atom is -0.479 e. The highest BCUT2D eigenvalue weighted by atomic mass is 35.5. The van der Waals surface area contributed by atoms with E-state index in [0.29, 0.717) is 5.56 Å². The number of ether oxygens (including phenoxy) is 3. The third-order valence-electron chi connectivity index (χ3n) is 3.91. The van der Waals surface area contributed by atoms with Crippen molar-refractivity contribution in [2.45, 2.75) is 26.5 Å². The van der Waals surface area contributed by atoms with Gasteiger partial charge in [0, 0.05) is 37.6 Å². The van der Waals surface area contributed by atoms with Gasteiger partial charge in [0.2, 0.25) is 0 Å². The van der Waals surface area contributed by atoms with Crippen molar-refractivity contribution in [2.24, 2.45) is 0 Å². The van der Waals surface area contributed by atoms with E-state index in [9.17, 15) is 34.4 Å². The topological polar surface area (TPSA) is 171 Å². The first-order chi connectivity index (χ1) is 15.5. The summed E-state index contributed by atoms with van der Waals surface area (Å²) in [5.74, 6) is -3.55. The zero-order valence-corrected chi connectivity index (χ0v) is 18.0. The fourth-order valence-corrected chi connectivity index (χ4v) is 2.80. The predicted octanol–water partition coefficient (Wildman–Crippen LogP) is 3.15. The van der Waals surface area contributed by atoms with E-state index in [1.165, 1.54) is 24.3 Å². The number of carboxylic acid groups (broad SMARTS) is 1. The zero-order valence-electron chi connectivity index (χ0n) is 17.2. The third-order valence-corrected chi connectivity index (χ3v) is 4.23. The fraction of sp³-hybridized carbons (Fsp3) is 0.200. The molecular weight excluding hydrogens is 464 g/mol. The van der Waals surface area contributed by atoms with Gasteiger partial charge in [0.1, 0.15) is 6.61 Å². The van der Waals surface area contributed by atoms with Crippen LogP contribution in [0.25, 0.3) is 0 Å². The standard InChI is InChI=1S/C20H17ClN2O10/c1-10(24)32-16-7-14(15(21)8-17(16)33-11(2)25)18(19(26)27)22-20(28)31-9-12-3-5-13(6-4-12)23(29)30/h3-8,18H,9H2,1-2H3,(H,22,28)(H,26,27)/t18-/m1/s1. The molecule has 0 saturated heterocycles. The van der Waals surface area contributed by atoms with E-state index in [0.717, 1.165) is 26.0 Å². The maximum atomic E-state index is 12.2. The van der Waals surface area contributed by atoms with Gasteiger partial charge in [-0.25, -0.2) is 9.59 Å². The Morgan fingerprint density at radius 3 is 2.09 bits per heavy atom. The van der Waals surface area contributed by atoms with Crippen LogP contribution in [0.1, 0.15) is 31.0 Å². The number of hydrogen-bond acceptors (Lipinski definition) is 9. The second-order valence-electron chi connectivity index (χ2n) is 6.42. The lowest BCUT2D eigenvalue weighted by atomic mass is 10.1. The number of benzene rings is 2. The second kappa shape index (κ2) is 10.9. The Morgan fingerprint density at radius 2 is 1.61 bits per heavy atom. The average molecular weight is 481 g/mol. The van der Waals surface area contributed by atoms with Gasteiger partial charge in [-0.3, -0.25) is 19.7 Å². The predicted molar refractivity (Wildman–Crippen MR) is 111 cm³/mol. The Bertz CT molecular complexity index is 1100. The number of nitro benzene ring substituents is 1. The Hall–Kier alpha value is -4.19. The maximum Gasteiger partial charge on any atom is 0.408 e. The molecular formula is C20H17ClN2O10. The number of esters is 2. The highest BCUT2D eigenvalue weighted by Gasteiger charge is 2.28. The summed E-state index contributed by atoms with van der Waals surface area (Å²) in [5.41, 5.74) is 0.0942. The van der Waals surface area contributed by atoms with Gasteiger partial charge in [0.15, 0.2) is 17.5 Å². The van der Waals surface area contributed by atoms with E-state index in [1.807, 2.05) is 0 Å². The van der Waals surface area contributed by atoms with Crippen molar-refractivity contribution in [2.75, 3.05) is 0 Å². The number of alkyl carbamates (subject to hydrolysis) is 1. The number of nitrogens with one attached hydrogen (secondary N) is 1. The van der Waals surface area contributed by atoms with Crippen molar-refractivity contribution < 1.29 is 43.4 Å². The van der Waals surface area contributed by atoms with Crippen LogP contribution in [0.4, 0.5) is 10.5 Å². The van der Waals surface area contributed by atoms with Crippen molar-refractivity contribution in [1.82, 2.24) is 5.32 Å². The molecule has 0 aromatic heterocycles. The molecule has 0 heterocycles. The number of hydrogen-bond donors (Lipinski definition) is 2. The summed E-state index contributed by atoms with van der Waals surface area (Å²) in [5, 5.41) is 22.2. The van der Waals surface area contributed by atoms with Gasteiger partial charge in [-0.1, -0.05) is 11.6 Å². The molecule has 1 atom stereocenters. The van der Waals surface area contributed by atoms with Crippen LogP contribution in [-0.4, -0.2) is 34.0 Å². The van der Waals surface area contributed by atoms with Crippen molar-refractivity contribution >= 4 is 41.3 Å². The fourth-order valence-electron chi connectivity index (χ4n) is 2.54. The van der Waals surface area contributed by atoms with Gasteiger partial charge >= 0.3 is 24.0 Å². The molecule has 0 saturated carbocycles. The Balaban J connectivity index is 2.21. The molecule has 174 valence electrons. The summed E-state index contributed by atoms with van der Waals surface area (Å²) in [7, 11) is 0. The van der Waals surface area contributed by atoms with Gasteiger partial charge in [0.05, 0.1) is 9.95 Å². The monoisotopic (exact) mass is 480 g/mol. The largest absolute Gasteiger partial charge is 0.479 e. The van der Waals surface area contributed by atoms with Gasteiger partial charge < -0.3 is 24.6 Å². The highest BCUT2D eigenvalue weighted by Crippen LogP contribution is 2.36. The van der Waals surface area contributed by atoms with E-state index in [-0.39, 0.29) is 34.4 Å². The normalized spacial score (nSPS) is 11.1. The molecule has 2 aromatic rings. The van der Waals surface area contributed by atoms with Gasteiger partial charge in [-0.05, 0) is 23.8 Å². The molecule has 0 spiro atoms. The number of rotatable bonds is 8. The van der Waals surface area contributed by atoms with E-state index >= 15 is 0 Å². The summed E-state index contributed by atoms with van der Waals surface area (Å²) in [6.45, 7) is 1.88.